The zero-order valence-corrected chi connectivity index (χ0v) is 14.6. The van der Waals surface area contributed by atoms with Crippen molar-refractivity contribution in [3.05, 3.63) is 83.9 Å². The maximum Gasteiger partial charge on any atom is 0.305 e. The summed E-state index contributed by atoms with van der Waals surface area (Å²) < 4.78 is 0. The number of carbonyl (C=O) groups is 2. The second-order valence-corrected chi connectivity index (χ2v) is 6.27. The lowest BCUT2D eigenvalue weighted by molar-refractivity contribution is -0.137. The van der Waals surface area contributed by atoms with Crippen LogP contribution < -0.4 is 11.1 Å². The molecule has 0 fully saturated rings. The molecule has 3 aromatic rings. The van der Waals surface area contributed by atoms with Gasteiger partial charge in [0.2, 0.25) is 5.91 Å². The van der Waals surface area contributed by atoms with Crippen molar-refractivity contribution in [2.24, 2.45) is 0 Å². The Morgan fingerprint density at radius 2 is 1.70 bits per heavy atom. The number of nitrogen functional groups attached to an aromatic ring is 1. The molecule has 0 bridgehead atoms. The van der Waals surface area contributed by atoms with Crippen molar-refractivity contribution in [3.63, 3.8) is 0 Å². The van der Waals surface area contributed by atoms with Gasteiger partial charge >= 0.3 is 5.97 Å². The van der Waals surface area contributed by atoms with Crippen molar-refractivity contribution in [1.29, 1.82) is 0 Å². The summed E-state index contributed by atoms with van der Waals surface area (Å²) in [6, 6.07) is 20.0. The molecule has 0 saturated heterocycles. The van der Waals surface area contributed by atoms with Crippen LogP contribution in [0.2, 0.25) is 0 Å². The van der Waals surface area contributed by atoms with E-state index in [0.29, 0.717) is 5.69 Å². The van der Waals surface area contributed by atoms with Crippen LogP contribution in [0.3, 0.4) is 0 Å². The Labute approximate surface area is 157 Å². The second-order valence-electron chi connectivity index (χ2n) is 6.27. The van der Waals surface area contributed by atoms with E-state index in [-0.39, 0.29) is 12.3 Å². The Bertz CT molecular complexity index is 994. The monoisotopic (exact) mass is 360 g/mol. The summed E-state index contributed by atoms with van der Waals surface area (Å²) >= 11 is 0. The van der Waals surface area contributed by atoms with Crippen molar-refractivity contribution in [3.8, 4) is 0 Å². The molecular formula is C22H20N2O3. The zero-order valence-electron chi connectivity index (χ0n) is 14.6. The van der Waals surface area contributed by atoms with Crippen LogP contribution >= 0.6 is 0 Å². The van der Waals surface area contributed by atoms with Crippen LogP contribution in [-0.4, -0.2) is 17.0 Å². The lowest BCUT2D eigenvalue weighted by Gasteiger charge is -2.17. The van der Waals surface area contributed by atoms with Gasteiger partial charge in [-0.25, -0.2) is 0 Å². The largest absolute Gasteiger partial charge is 0.481 e. The van der Waals surface area contributed by atoms with Crippen LogP contribution in [0.25, 0.3) is 16.8 Å². The number of anilines is 1. The SMILES string of the molecule is Nc1ccc(/C=C/C(=O)NC(CC(=O)O)c2ccc3ccccc3c2)cc1. The maximum absolute atomic E-state index is 12.3. The van der Waals surface area contributed by atoms with Crippen LogP contribution in [0.1, 0.15) is 23.6 Å². The fourth-order valence-electron chi connectivity index (χ4n) is 2.85. The summed E-state index contributed by atoms with van der Waals surface area (Å²) in [6.07, 6.45) is 2.86. The average molecular weight is 360 g/mol. The highest BCUT2D eigenvalue weighted by Gasteiger charge is 2.17. The van der Waals surface area contributed by atoms with Gasteiger partial charge in [0.15, 0.2) is 0 Å². The number of hydrogen-bond acceptors (Lipinski definition) is 3. The fraction of sp³-hybridized carbons (Fsp3) is 0.0909. The maximum atomic E-state index is 12.3. The number of nitrogens with one attached hydrogen (secondary N) is 1. The molecule has 0 radical (unpaired) electrons. The normalized spacial score (nSPS) is 12.1. The van der Waals surface area contributed by atoms with E-state index in [2.05, 4.69) is 5.32 Å². The molecule has 3 rings (SSSR count). The first-order valence-corrected chi connectivity index (χ1v) is 8.56. The molecule has 1 amide bonds. The Balaban J connectivity index is 1.78. The lowest BCUT2D eigenvalue weighted by atomic mass is 9.99. The quantitative estimate of drug-likeness (QED) is 0.461. The Kier molecular flexibility index (Phi) is 5.52. The molecule has 5 nitrogen and oxygen atoms in total. The topological polar surface area (TPSA) is 92.4 Å². The number of aliphatic carboxylic acids is 1. The molecule has 4 N–H and O–H groups in total. The minimum Gasteiger partial charge on any atom is -0.481 e. The van der Waals surface area contributed by atoms with E-state index in [1.807, 2.05) is 42.5 Å². The summed E-state index contributed by atoms with van der Waals surface area (Å²) in [7, 11) is 0. The smallest absolute Gasteiger partial charge is 0.305 e. The number of amides is 1. The predicted octanol–water partition coefficient (Wildman–Crippen LogP) is 3.77. The van der Waals surface area contributed by atoms with E-state index in [0.717, 1.165) is 21.9 Å². The van der Waals surface area contributed by atoms with Gasteiger partial charge in [0.1, 0.15) is 0 Å². The summed E-state index contributed by atoms with van der Waals surface area (Å²) in [4.78, 5) is 23.6. The van der Waals surface area contributed by atoms with Crippen molar-refractivity contribution in [1.82, 2.24) is 5.32 Å². The number of carboxylic acid groups (broad SMARTS) is 1. The third-order valence-electron chi connectivity index (χ3n) is 4.23. The first kappa shape index (κ1) is 18.2. The molecule has 0 aliphatic heterocycles. The first-order chi connectivity index (χ1) is 13.0. The molecule has 27 heavy (non-hydrogen) atoms. The van der Waals surface area contributed by atoms with E-state index in [4.69, 9.17) is 5.73 Å². The van der Waals surface area contributed by atoms with Gasteiger partial charge < -0.3 is 16.2 Å². The number of carbonyl (C=O) groups excluding carboxylic acids is 1. The molecule has 0 heterocycles. The summed E-state index contributed by atoms with van der Waals surface area (Å²) in [5, 5.41) is 14.1. The summed E-state index contributed by atoms with van der Waals surface area (Å²) in [6.45, 7) is 0. The number of nitrogens with two attached hydrogens (primary N) is 1. The molecule has 5 heteroatoms. The van der Waals surface area contributed by atoms with Crippen LogP contribution in [0.5, 0.6) is 0 Å². The Hall–Kier alpha value is -3.60. The van der Waals surface area contributed by atoms with E-state index >= 15 is 0 Å². The predicted molar refractivity (Wildman–Crippen MR) is 107 cm³/mol. The van der Waals surface area contributed by atoms with Gasteiger partial charge in [-0.05, 0) is 46.2 Å². The fourth-order valence-corrected chi connectivity index (χ4v) is 2.85. The second kappa shape index (κ2) is 8.19. The van der Waals surface area contributed by atoms with Crippen LogP contribution in [0, 0.1) is 0 Å². The number of fused-ring (bicyclic) bond motifs is 1. The number of hydrogen-bond donors (Lipinski definition) is 3. The van der Waals surface area contributed by atoms with Crippen LogP contribution in [0.15, 0.2) is 72.8 Å². The van der Waals surface area contributed by atoms with Gasteiger partial charge in [-0.3, -0.25) is 9.59 Å². The van der Waals surface area contributed by atoms with Gasteiger partial charge in [-0.1, -0.05) is 48.5 Å². The standard InChI is InChI=1S/C22H20N2O3/c23-19-10-5-15(6-11-19)7-12-21(25)24-20(14-22(26)27)18-9-8-16-3-1-2-4-17(16)13-18/h1-13,20H,14,23H2,(H,24,25)(H,26,27)/b12-7+. The molecule has 1 atom stereocenters. The zero-order chi connectivity index (χ0) is 19.2. The third kappa shape index (κ3) is 4.95. The minimum absolute atomic E-state index is 0.195. The van der Waals surface area contributed by atoms with Gasteiger partial charge in [-0.15, -0.1) is 0 Å². The molecule has 0 aliphatic rings. The highest BCUT2D eigenvalue weighted by atomic mass is 16.4. The number of rotatable bonds is 6. The molecular weight excluding hydrogens is 340 g/mol. The molecule has 0 spiro atoms. The van der Waals surface area contributed by atoms with Crippen molar-refractivity contribution in [2.75, 3.05) is 5.73 Å². The highest BCUT2D eigenvalue weighted by Crippen LogP contribution is 2.23. The number of benzene rings is 3. The van der Waals surface area contributed by atoms with Crippen molar-refractivity contribution < 1.29 is 14.7 Å². The Morgan fingerprint density at radius 1 is 1.00 bits per heavy atom. The van der Waals surface area contributed by atoms with E-state index in [1.54, 1.807) is 30.3 Å². The molecule has 0 saturated carbocycles. The first-order valence-electron chi connectivity index (χ1n) is 8.56. The molecule has 1 unspecified atom stereocenters. The van der Waals surface area contributed by atoms with Crippen LogP contribution in [0.4, 0.5) is 5.69 Å². The molecule has 136 valence electrons. The lowest BCUT2D eigenvalue weighted by Crippen LogP contribution is -2.28. The van der Waals surface area contributed by atoms with Crippen LogP contribution in [-0.2, 0) is 9.59 Å². The van der Waals surface area contributed by atoms with E-state index in [9.17, 15) is 14.7 Å². The summed E-state index contributed by atoms with van der Waals surface area (Å²) in [5.41, 5.74) is 7.88. The van der Waals surface area contributed by atoms with Gasteiger partial charge in [0.25, 0.3) is 0 Å². The average Bonchev–Trinajstić information content (AvgIpc) is 2.66. The van der Waals surface area contributed by atoms with Gasteiger partial charge in [0.05, 0.1) is 12.5 Å². The summed E-state index contributed by atoms with van der Waals surface area (Å²) in [5.74, 6) is -1.33. The van der Waals surface area contributed by atoms with E-state index < -0.39 is 12.0 Å². The van der Waals surface area contributed by atoms with Crippen molar-refractivity contribution >= 4 is 34.4 Å². The molecule has 0 aliphatic carbocycles. The third-order valence-corrected chi connectivity index (χ3v) is 4.23. The molecule has 3 aromatic carbocycles. The van der Waals surface area contributed by atoms with E-state index in [1.165, 1.54) is 6.08 Å². The molecule has 0 aromatic heterocycles. The van der Waals surface area contributed by atoms with Gasteiger partial charge in [-0.2, -0.15) is 0 Å². The van der Waals surface area contributed by atoms with Gasteiger partial charge in [0, 0.05) is 11.8 Å². The minimum atomic E-state index is -0.976. The Morgan fingerprint density at radius 3 is 2.41 bits per heavy atom. The highest BCUT2D eigenvalue weighted by molar-refractivity contribution is 5.92. The van der Waals surface area contributed by atoms with Crippen molar-refractivity contribution in [2.45, 2.75) is 12.5 Å². The number of carboxylic acids is 1.